The van der Waals surface area contributed by atoms with E-state index in [1.807, 2.05) is 0 Å². The highest BCUT2D eigenvalue weighted by Gasteiger charge is 2.41. The highest BCUT2D eigenvalue weighted by atomic mass is 15.0. The van der Waals surface area contributed by atoms with Crippen molar-refractivity contribution in [1.82, 2.24) is 9.97 Å². The van der Waals surface area contributed by atoms with Gasteiger partial charge in [-0.05, 0) is 62.8 Å². The molecule has 0 radical (unpaired) electrons. The van der Waals surface area contributed by atoms with Crippen LogP contribution in [0.15, 0.2) is 12.1 Å². The Kier molecular flexibility index (Phi) is 2.11. The van der Waals surface area contributed by atoms with Crippen molar-refractivity contribution >= 4 is 11.0 Å². The molecule has 0 aliphatic heterocycles. The zero-order valence-corrected chi connectivity index (χ0v) is 10.7. The molecule has 1 saturated carbocycles. The summed E-state index contributed by atoms with van der Waals surface area (Å²) in [4.78, 5) is 8.06. The van der Waals surface area contributed by atoms with Gasteiger partial charge >= 0.3 is 0 Å². The quantitative estimate of drug-likeness (QED) is 0.832. The summed E-state index contributed by atoms with van der Waals surface area (Å²) in [6.45, 7) is 6.32. The number of hydrogen-bond donors (Lipinski definition) is 2. The number of hydrogen-bond acceptors (Lipinski definition) is 2. The third-order valence-corrected chi connectivity index (χ3v) is 4.03. The number of imidazole rings is 1. The number of nitrogens with one attached hydrogen (secondary N) is 1. The van der Waals surface area contributed by atoms with Gasteiger partial charge in [-0.3, -0.25) is 0 Å². The highest BCUT2D eigenvalue weighted by Crippen LogP contribution is 2.43. The van der Waals surface area contributed by atoms with Crippen molar-refractivity contribution in [2.24, 2.45) is 11.7 Å². The second-order valence-electron chi connectivity index (χ2n) is 5.60. The van der Waals surface area contributed by atoms with Gasteiger partial charge in [-0.2, -0.15) is 0 Å². The summed E-state index contributed by atoms with van der Waals surface area (Å²) < 4.78 is 0. The first kappa shape index (κ1) is 10.8. The van der Waals surface area contributed by atoms with E-state index in [0.29, 0.717) is 5.92 Å². The van der Waals surface area contributed by atoms with Crippen LogP contribution in [0, 0.1) is 19.8 Å². The van der Waals surface area contributed by atoms with E-state index in [0.717, 1.165) is 16.9 Å². The summed E-state index contributed by atoms with van der Waals surface area (Å²) in [7, 11) is 0. The first-order valence-electron chi connectivity index (χ1n) is 6.25. The van der Waals surface area contributed by atoms with E-state index < -0.39 is 0 Å². The zero-order chi connectivity index (χ0) is 12.2. The number of aromatic nitrogens is 2. The predicted molar refractivity (Wildman–Crippen MR) is 69.8 cm³/mol. The summed E-state index contributed by atoms with van der Waals surface area (Å²) in [5.74, 6) is 1.52. The van der Waals surface area contributed by atoms with Crippen LogP contribution in [0.3, 0.4) is 0 Å². The smallest absolute Gasteiger partial charge is 0.127 e. The maximum absolute atomic E-state index is 6.39. The maximum atomic E-state index is 6.39. The van der Waals surface area contributed by atoms with E-state index in [9.17, 15) is 0 Å². The third-order valence-electron chi connectivity index (χ3n) is 4.03. The van der Waals surface area contributed by atoms with Gasteiger partial charge in [0.25, 0.3) is 0 Å². The van der Waals surface area contributed by atoms with Gasteiger partial charge in [0.1, 0.15) is 5.82 Å². The fourth-order valence-corrected chi connectivity index (χ4v) is 2.40. The average Bonchev–Trinajstić information content (AvgIpc) is 3.03. The number of nitrogens with zero attached hydrogens (tertiary/aromatic N) is 1. The minimum atomic E-state index is -0.305. The Morgan fingerprint density at radius 1 is 1.29 bits per heavy atom. The number of H-pyrrole nitrogens is 1. The molecule has 1 atom stereocenters. The molecule has 2 aromatic rings. The molecule has 1 aliphatic rings. The summed E-state index contributed by atoms with van der Waals surface area (Å²) >= 11 is 0. The van der Waals surface area contributed by atoms with Crippen LogP contribution in [0.4, 0.5) is 0 Å². The van der Waals surface area contributed by atoms with E-state index in [1.165, 1.54) is 24.0 Å². The number of rotatable bonds is 2. The number of aryl methyl sites for hydroxylation is 2. The molecule has 1 aliphatic carbocycles. The minimum Gasteiger partial charge on any atom is -0.340 e. The molecule has 1 aromatic carbocycles. The van der Waals surface area contributed by atoms with E-state index in [1.54, 1.807) is 0 Å². The Balaban J connectivity index is 2.13. The fourth-order valence-electron chi connectivity index (χ4n) is 2.40. The Morgan fingerprint density at radius 3 is 2.59 bits per heavy atom. The average molecular weight is 229 g/mol. The maximum Gasteiger partial charge on any atom is 0.127 e. The molecule has 1 unspecified atom stereocenters. The van der Waals surface area contributed by atoms with Crippen LogP contribution >= 0.6 is 0 Å². The second-order valence-corrected chi connectivity index (χ2v) is 5.60. The largest absolute Gasteiger partial charge is 0.340 e. The molecular formula is C14H19N3. The molecule has 3 rings (SSSR count). The van der Waals surface area contributed by atoms with Gasteiger partial charge in [-0.1, -0.05) is 0 Å². The lowest BCUT2D eigenvalue weighted by Gasteiger charge is -2.21. The molecule has 90 valence electrons. The topological polar surface area (TPSA) is 54.7 Å². The lowest BCUT2D eigenvalue weighted by atomic mass is 9.97. The molecule has 3 heteroatoms. The van der Waals surface area contributed by atoms with E-state index in [2.05, 4.69) is 42.9 Å². The molecular weight excluding hydrogens is 210 g/mol. The SMILES string of the molecule is Cc1cc2nc(C(C)(N)C3CC3)[nH]c2cc1C. The van der Waals surface area contributed by atoms with Gasteiger partial charge in [0.05, 0.1) is 16.6 Å². The molecule has 0 saturated heterocycles. The Labute approximate surface area is 101 Å². The van der Waals surface area contributed by atoms with E-state index >= 15 is 0 Å². The highest BCUT2D eigenvalue weighted by molar-refractivity contribution is 5.77. The number of aromatic amines is 1. The van der Waals surface area contributed by atoms with Gasteiger partial charge in [-0.15, -0.1) is 0 Å². The van der Waals surface area contributed by atoms with Crippen molar-refractivity contribution < 1.29 is 0 Å². The lowest BCUT2D eigenvalue weighted by molar-refractivity contribution is 0.405. The normalized spacial score (nSPS) is 19.5. The summed E-state index contributed by atoms with van der Waals surface area (Å²) in [6, 6.07) is 4.29. The molecule has 1 aromatic heterocycles. The van der Waals surface area contributed by atoms with Gasteiger partial charge in [0.2, 0.25) is 0 Å². The first-order chi connectivity index (χ1) is 7.98. The van der Waals surface area contributed by atoms with Crippen molar-refractivity contribution in [1.29, 1.82) is 0 Å². The Bertz CT molecular complexity index is 537. The van der Waals surface area contributed by atoms with Crippen molar-refractivity contribution in [3.05, 3.63) is 29.1 Å². The van der Waals surface area contributed by atoms with Crippen LogP contribution in [-0.4, -0.2) is 9.97 Å². The van der Waals surface area contributed by atoms with Crippen molar-refractivity contribution in [3.8, 4) is 0 Å². The van der Waals surface area contributed by atoms with Crippen LogP contribution in [0.25, 0.3) is 11.0 Å². The zero-order valence-electron chi connectivity index (χ0n) is 10.7. The van der Waals surface area contributed by atoms with Gasteiger partial charge < -0.3 is 10.7 Å². The van der Waals surface area contributed by atoms with Crippen LogP contribution in [-0.2, 0) is 5.54 Å². The molecule has 0 bridgehead atoms. The summed E-state index contributed by atoms with van der Waals surface area (Å²) in [6.07, 6.45) is 2.45. The first-order valence-corrected chi connectivity index (χ1v) is 6.25. The standard InChI is InChI=1S/C14H19N3/c1-8-6-11-12(7-9(8)2)17-13(16-11)14(3,15)10-4-5-10/h6-7,10H,4-5,15H2,1-3H3,(H,16,17). The summed E-state index contributed by atoms with van der Waals surface area (Å²) in [5.41, 5.74) is 10.8. The van der Waals surface area contributed by atoms with E-state index in [-0.39, 0.29) is 5.54 Å². The van der Waals surface area contributed by atoms with Crippen LogP contribution in [0.2, 0.25) is 0 Å². The van der Waals surface area contributed by atoms with Gasteiger partial charge in [0, 0.05) is 0 Å². The summed E-state index contributed by atoms with van der Waals surface area (Å²) in [5, 5.41) is 0. The molecule has 0 amide bonds. The van der Waals surface area contributed by atoms with Crippen LogP contribution in [0.5, 0.6) is 0 Å². The lowest BCUT2D eigenvalue weighted by Crippen LogP contribution is -2.36. The molecule has 3 nitrogen and oxygen atoms in total. The Hall–Kier alpha value is -1.35. The number of fused-ring (bicyclic) bond motifs is 1. The third kappa shape index (κ3) is 1.65. The molecule has 17 heavy (non-hydrogen) atoms. The molecule has 1 fully saturated rings. The van der Waals surface area contributed by atoms with Crippen molar-refractivity contribution in [2.75, 3.05) is 0 Å². The fraction of sp³-hybridized carbons (Fsp3) is 0.500. The number of nitrogens with two attached hydrogens (primary N) is 1. The Morgan fingerprint density at radius 2 is 1.94 bits per heavy atom. The minimum absolute atomic E-state index is 0.305. The molecule has 3 N–H and O–H groups in total. The molecule has 0 spiro atoms. The molecule has 1 heterocycles. The van der Waals surface area contributed by atoms with Gasteiger partial charge in [0.15, 0.2) is 0 Å². The van der Waals surface area contributed by atoms with E-state index in [4.69, 9.17) is 5.73 Å². The van der Waals surface area contributed by atoms with Crippen LogP contribution in [0.1, 0.15) is 36.7 Å². The van der Waals surface area contributed by atoms with Crippen LogP contribution < -0.4 is 5.73 Å². The van der Waals surface area contributed by atoms with Crippen molar-refractivity contribution in [3.63, 3.8) is 0 Å². The number of benzene rings is 1. The predicted octanol–water partition coefficient (Wildman–Crippen LogP) is 2.76. The second kappa shape index (κ2) is 3.33. The van der Waals surface area contributed by atoms with Crippen molar-refractivity contribution in [2.45, 2.75) is 39.2 Å². The van der Waals surface area contributed by atoms with Gasteiger partial charge in [-0.25, -0.2) is 4.98 Å². The monoisotopic (exact) mass is 229 g/mol.